The van der Waals surface area contributed by atoms with Gasteiger partial charge in [-0.15, -0.1) is 0 Å². The maximum absolute atomic E-state index is 11.5. The van der Waals surface area contributed by atoms with E-state index in [4.69, 9.17) is 0 Å². The normalized spacial score (nSPS) is 46.0. The van der Waals surface area contributed by atoms with Gasteiger partial charge in [-0.25, -0.2) is 0 Å². The third-order valence-corrected chi connectivity index (χ3v) is 4.98. The summed E-state index contributed by atoms with van der Waals surface area (Å²) in [6.07, 6.45) is 5.02. The molecule has 0 radical (unpaired) electrons. The van der Waals surface area contributed by atoms with Crippen molar-refractivity contribution in [3.63, 3.8) is 0 Å². The molecule has 15 heavy (non-hydrogen) atoms. The zero-order chi connectivity index (χ0) is 11.2. The third-order valence-electron chi connectivity index (χ3n) is 4.98. The van der Waals surface area contributed by atoms with E-state index in [-0.39, 0.29) is 0 Å². The Balaban J connectivity index is 2.42. The van der Waals surface area contributed by atoms with Gasteiger partial charge in [0.25, 0.3) is 0 Å². The van der Waals surface area contributed by atoms with Crippen molar-refractivity contribution in [1.82, 2.24) is 0 Å². The molecule has 2 rings (SSSR count). The van der Waals surface area contributed by atoms with Gasteiger partial charge < -0.3 is 0 Å². The summed E-state index contributed by atoms with van der Waals surface area (Å²) in [6, 6.07) is 0. The fraction of sp³-hybridized carbons (Fsp3) is 0.786. The van der Waals surface area contributed by atoms with Crippen LogP contribution in [0.25, 0.3) is 0 Å². The van der Waals surface area contributed by atoms with Crippen LogP contribution in [0.3, 0.4) is 0 Å². The Kier molecular flexibility index (Phi) is 2.52. The zero-order valence-corrected chi connectivity index (χ0v) is 10.3. The summed E-state index contributed by atoms with van der Waals surface area (Å²) in [5, 5.41) is 0. The van der Waals surface area contributed by atoms with Crippen molar-refractivity contribution in [3.8, 4) is 0 Å². The zero-order valence-electron chi connectivity index (χ0n) is 10.3. The smallest absolute Gasteiger partial charge is 0.155 e. The Bertz CT molecular complexity index is 315. The average Bonchev–Trinajstić information content (AvgIpc) is 2.18. The van der Waals surface area contributed by atoms with Crippen LogP contribution in [0.1, 0.15) is 47.0 Å². The van der Waals surface area contributed by atoms with Crippen LogP contribution in [-0.2, 0) is 4.79 Å². The molecule has 0 aromatic heterocycles. The molecule has 1 heteroatoms. The standard InChI is InChI=1S/C14H22O/c1-9-7-10(2)13-8-12(15)5-6-14(13,4)11(9)3/h8-11H,5-7H2,1-4H3/t9?,10-,11?,14-/m1/s1. The molecule has 0 saturated heterocycles. The van der Waals surface area contributed by atoms with Gasteiger partial charge in [0.05, 0.1) is 0 Å². The van der Waals surface area contributed by atoms with Gasteiger partial charge in [0.1, 0.15) is 0 Å². The Morgan fingerprint density at radius 2 is 2.00 bits per heavy atom. The van der Waals surface area contributed by atoms with E-state index in [1.807, 2.05) is 6.08 Å². The first-order chi connectivity index (χ1) is 6.95. The molecule has 0 spiro atoms. The molecule has 2 unspecified atom stereocenters. The van der Waals surface area contributed by atoms with Crippen molar-refractivity contribution in [2.75, 3.05) is 0 Å². The molecule has 1 fully saturated rings. The fourth-order valence-corrected chi connectivity index (χ4v) is 3.65. The summed E-state index contributed by atoms with van der Waals surface area (Å²) in [5.74, 6) is 2.45. The number of rotatable bonds is 0. The lowest BCUT2D eigenvalue weighted by molar-refractivity contribution is -0.116. The minimum absolute atomic E-state index is 0.297. The van der Waals surface area contributed by atoms with E-state index >= 15 is 0 Å². The lowest BCUT2D eigenvalue weighted by atomic mass is 9.54. The summed E-state index contributed by atoms with van der Waals surface area (Å²) in [7, 11) is 0. The molecule has 2 aliphatic rings. The minimum atomic E-state index is 0.297. The molecule has 0 aliphatic heterocycles. The predicted molar refractivity (Wildman–Crippen MR) is 62.5 cm³/mol. The molecule has 4 atom stereocenters. The number of hydrogen-bond donors (Lipinski definition) is 0. The summed E-state index contributed by atoms with van der Waals surface area (Å²) in [6.45, 7) is 9.37. The monoisotopic (exact) mass is 206 g/mol. The van der Waals surface area contributed by atoms with Crippen LogP contribution in [0.5, 0.6) is 0 Å². The topological polar surface area (TPSA) is 17.1 Å². The van der Waals surface area contributed by atoms with Gasteiger partial charge in [-0.3, -0.25) is 4.79 Å². The largest absolute Gasteiger partial charge is 0.295 e. The highest BCUT2D eigenvalue weighted by atomic mass is 16.1. The van der Waals surface area contributed by atoms with Gasteiger partial charge in [0, 0.05) is 6.42 Å². The highest BCUT2D eigenvalue weighted by molar-refractivity contribution is 5.91. The SMILES string of the molecule is CC1C[C@@H](C)C2=CC(=O)CC[C@]2(C)C1C. The second-order valence-corrected chi connectivity index (χ2v) is 5.89. The summed E-state index contributed by atoms with van der Waals surface area (Å²) >= 11 is 0. The minimum Gasteiger partial charge on any atom is -0.295 e. The molecule has 2 aliphatic carbocycles. The van der Waals surface area contributed by atoms with Crippen molar-refractivity contribution in [1.29, 1.82) is 0 Å². The Morgan fingerprint density at radius 3 is 2.67 bits per heavy atom. The van der Waals surface area contributed by atoms with Crippen LogP contribution in [0.4, 0.5) is 0 Å². The number of hydrogen-bond acceptors (Lipinski definition) is 1. The first-order valence-corrected chi connectivity index (χ1v) is 6.20. The lowest BCUT2D eigenvalue weighted by Gasteiger charge is -2.50. The molecule has 0 amide bonds. The van der Waals surface area contributed by atoms with E-state index < -0.39 is 0 Å². The molecule has 0 heterocycles. The first kappa shape index (κ1) is 10.9. The van der Waals surface area contributed by atoms with E-state index in [2.05, 4.69) is 27.7 Å². The van der Waals surface area contributed by atoms with Crippen LogP contribution in [0, 0.1) is 23.2 Å². The van der Waals surface area contributed by atoms with Gasteiger partial charge in [-0.2, -0.15) is 0 Å². The fourth-order valence-electron chi connectivity index (χ4n) is 3.65. The van der Waals surface area contributed by atoms with Crippen LogP contribution in [0.2, 0.25) is 0 Å². The highest BCUT2D eigenvalue weighted by Gasteiger charge is 2.45. The molecular weight excluding hydrogens is 184 g/mol. The van der Waals surface area contributed by atoms with Gasteiger partial charge in [-0.05, 0) is 42.1 Å². The summed E-state index contributed by atoms with van der Waals surface area (Å²) in [4.78, 5) is 11.5. The van der Waals surface area contributed by atoms with E-state index in [1.165, 1.54) is 12.0 Å². The Morgan fingerprint density at radius 1 is 1.33 bits per heavy atom. The lowest BCUT2D eigenvalue weighted by Crippen LogP contribution is -2.42. The maximum atomic E-state index is 11.5. The first-order valence-electron chi connectivity index (χ1n) is 6.20. The molecule has 0 aromatic rings. The van der Waals surface area contributed by atoms with Gasteiger partial charge in [0.2, 0.25) is 0 Å². The van der Waals surface area contributed by atoms with Crippen LogP contribution >= 0.6 is 0 Å². The summed E-state index contributed by atoms with van der Waals surface area (Å²) < 4.78 is 0. The molecule has 84 valence electrons. The second-order valence-electron chi connectivity index (χ2n) is 5.89. The van der Waals surface area contributed by atoms with Crippen LogP contribution in [0.15, 0.2) is 11.6 Å². The van der Waals surface area contributed by atoms with Crippen molar-refractivity contribution in [3.05, 3.63) is 11.6 Å². The highest BCUT2D eigenvalue weighted by Crippen LogP contribution is 2.54. The number of fused-ring (bicyclic) bond motifs is 1. The van der Waals surface area contributed by atoms with Crippen molar-refractivity contribution in [2.45, 2.75) is 47.0 Å². The average molecular weight is 206 g/mol. The summed E-state index contributed by atoms with van der Waals surface area (Å²) in [5.41, 5.74) is 1.73. The molecule has 0 aromatic carbocycles. The van der Waals surface area contributed by atoms with Gasteiger partial charge in [-0.1, -0.05) is 33.3 Å². The van der Waals surface area contributed by atoms with E-state index in [9.17, 15) is 4.79 Å². The molecule has 1 nitrogen and oxygen atoms in total. The predicted octanol–water partition coefficient (Wildman–Crippen LogP) is 3.59. The Labute approximate surface area is 92.9 Å². The number of allylic oxidation sites excluding steroid dienone is 2. The van der Waals surface area contributed by atoms with Crippen molar-refractivity contribution < 1.29 is 4.79 Å². The third kappa shape index (κ3) is 1.56. The maximum Gasteiger partial charge on any atom is 0.155 e. The molecule has 1 saturated carbocycles. The van der Waals surface area contributed by atoms with Crippen LogP contribution in [-0.4, -0.2) is 5.78 Å². The second kappa shape index (κ2) is 3.47. The number of carbonyl (C=O) groups excluding carboxylic acids is 1. The number of carbonyl (C=O) groups is 1. The van der Waals surface area contributed by atoms with E-state index in [1.54, 1.807) is 0 Å². The van der Waals surface area contributed by atoms with Gasteiger partial charge in [0.15, 0.2) is 5.78 Å². The van der Waals surface area contributed by atoms with Crippen LogP contribution < -0.4 is 0 Å². The Hall–Kier alpha value is -0.590. The van der Waals surface area contributed by atoms with E-state index in [0.717, 1.165) is 18.8 Å². The number of ketones is 1. The molecular formula is C14H22O. The van der Waals surface area contributed by atoms with E-state index in [0.29, 0.717) is 23.0 Å². The molecule has 0 N–H and O–H groups in total. The molecule has 0 bridgehead atoms. The quantitative estimate of drug-likeness (QED) is 0.592. The van der Waals surface area contributed by atoms with Crippen molar-refractivity contribution >= 4 is 5.78 Å². The van der Waals surface area contributed by atoms with Crippen molar-refractivity contribution in [2.24, 2.45) is 23.2 Å². The van der Waals surface area contributed by atoms with Gasteiger partial charge >= 0.3 is 0 Å².